The van der Waals surface area contributed by atoms with E-state index in [1.807, 2.05) is 11.3 Å². The minimum absolute atomic E-state index is 0.438. The molecule has 0 spiro atoms. The van der Waals surface area contributed by atoms with E-state index < -0.39 is 0 Å². The summed E-state index contributed by atoms with van der Waals surface area (Å²) in [6.07, 6.45) is 6.57. The molecule has 0 amide bonds. The number of hydrogen-bond donors (Lipinski definition) is 1. The molecular weight excluding hydrogens is 276 g/mol. The van der Waals surface area contributed by atoms with Gasteiger partial charge in [-0.1, -0.05) is 20.8 Å². The van der Waals surface area contributed by atoms with Crippen LogP contribution in [0.3, 0.4) is 0 Å². The van der Waals surface area contributed by atoms with Gasteiger partial charge in [0.05, 0.1) is 0 Å². The van der Waals surface area contributed by atoms with Gasteiger partial charge in [0, 0.05) is 25.7 Å². The molecule has 120 valence electrons. The molecule has 1 aliphatic carbocycles. The molecule has 1 aromatic heterocycles. The summed E-state index contributed by atoms with van der Waals surface area (Å²) in [6, 6.07) is 3.13. The first-order chi connectivity index (χ1) is 10.2. The Morgan fingerprint density at radius 2 is 2.05 bits per heavy atom. The van der Waals surface area contributed by atoms with Gasteiger partial charge in [-0.15, -0.1) is 0 Å². The molecule has 1 heterocycles. The zero-order chi connectivity index (χ0) is 15.1. The summed E-state index contributed by atoms with van der Waals surface area (Å²) < 4.78 is 0. The molecule has 1 saturated carbocycles. The topological polar surface area (TPSA) is 15.3 Å². The first kappa shape index (κ1) is 17.0. The van der Waals surface area contributed by atoms with Crippen LogP contribution in [0.25, 0.3) is 0 Å². The van der Waals surface area contributed by atoms with Gasteiger partial charge < -0.3 is 5.32 Å². The maximum absolute atomic E-state index is 3.68. The molecule has 0 saturated heterocycles. The number of rotatable bonds is 11. The van der Waals surface area contributed by atoms with Crippen molar-refractivity contribution in [1.82, 2.24) is 10.2 Å². The van der Waals surface area contributed by atoms with Crippen molar-refractivity contribution < 1.29 is 0 Å². The zero-order valence-electron chi connectivity index (χ0n) is 14.0. The normalized spacial score (nSPS) is 15.8. The molecule has 2 nitrogen and oxygen atoms in total. The Labute approximate surface area is 134 Å². The molecule has 21 heavy (non-hydrogen) atoms. The summed E-state index contributed by atoms with van der Waals surface area (Å²) in [4.78, 5) is 2.75. The van der Waals surface area contributed by atoms with Crippen LogP contribution >= 0.6 is 11.3 Å². The minimum atomic E-state index is 0.438. The molecule has 1 N–H and O–H groups in total. The van der Waals surface area contributed by atoms with Crippen molar-refractivity contribution in [2.24, 2.45) is 5.41 Å². The SMILES string of the molecule is CCCNCC(CC)(CC)CN(Cc1ccsc1)C1CC1. The van der Waals surface area contributed by atoms with Crippen LogP contribution in [-0.2, 0) is 6.54 Å². The summed E-state index contributed by atoms with van der Waals surface area (Å²) in [5.74, 6) is 0. The van der Waals surface area contributed by atoms with Crippen LogP contribution < -0.4 is 5.32 Å². The zero-order valence-corrected chi connectivity index (χ0v) is 14.8. The highest BCUT2D eigenvalue weighted by atomic mass is 32.1. The highest BCUT2D eigenvalue weighted by Gasteiger charge is 2.35. The predicted octanol–water partition coefficient (Wildman–Crippen LogP) is 4.52. The summed E-state index contributed by atoms with van der Waals surface area (Å²) >= 11 is 1.82. The molecule has 1 aliphatic rings. The third-order valence-corrected chi connectivity index (χ3v) is 5.73. The van der Waals surface area contributed by atoms with Crippen LogP contribution in [0.2, 0.25) is 0 Å². The number of nitrogens with zero attached hydrogens (tertiary/aromatic N) is 1. The average molecular weight is 309 g/mol. The molecule has 1 aromatic rings. The van der Waals surface area contributed by atoms with E-state index in [2.05, 4.69) is 47.8 Å². The van der Waals surface area contributed by atoms with Crippen LogP contribution in [0, 0.1) is 5.41 Å². The molecule has 0 bridgehead atoms. The van der Waals surface area contributed by atoms with Gasteiger partial charge in [-0.05, 0) is 66.5 Å². The molecule has 0 atom stereocenters. The van der Waals surface area contributed by atoms with Gasteiger partial charge in [0.25, 0.3) is 0 Å². The van der Waals surface area contributed by atoms with E-state index in [0.717, 1.165) is 19.1 Å². The third kappa shape index (κ3) is 5.08. The van der Waals surface area contributed by atoms with Gasteiger partial charge in [0.2, 0.25) is 0 Å². The maximum atomic E-state index is 3.68. The van der Waals surface area contributed by atoms with E-state index in [9.17, 15) is 0 Å². The number of thiophene rings is 1. The van der Waals surface area contributed by atoms with E-state index in [-0.39, 0.29) is 0 Å². The van der Waals surface area contributed by atoms with E-state index in [4.69, 9.17) is 0 Å². The fourth-order valence-electron chi connectivity index (χ4n) is 3.11. The number of nitrogens with one attached hydrogen (secondary N) is 1. The van der Waals surface area contributed by atoms with E-state index in [1.54, 1.807) is 0 Å². The highest BCUT2D eigenvalue weighted by molar-refractivity contribution is 7.07. The molecule has 0 radical (unpaired) electrons. The number of hydrogen-bond acceptors (Lipinski definition) is 3. The Bertz CT molecular complexity index is 380. The summed E-state index contributed by atoms with van der Waals surface area (Å²) in [6.45, 7) is 11.7. The fourth-order valence-corrected chi connectivity index (χ4v) is 3.77. The molecule has 0 aliphatic heterocycles. The molecule has 0 aromatic carbocycles. The maximum Gasteiger partial charge on any atom is 0.0245 e. The lowest BCUT2D eigenvalue weighted by Gasteiger charge is -2.38. The smallest absolute Gasteiger partial charge is 0.0245 e. The van der Waals surface area contributed by atoms with Crippen LogP contribution in [0.1, 0.15) is 58.4 Å². The lowest BCUT2D eigenvalue weighted by molar-refractivity contribution is 0.122. The lowest BCUT2D eigenvalue weighted by atomic mass is 9.81. The second kappa shape index (κ2) is 8.30. The first-order valence-electron chi connectivity index (χ1n) is 8.69. The van der Waals surface area contributed by atoms with Gasteiger partial charge in [-0.2, -0.15) is 11.3 Å². The van der Waals surface area contributed by atoms with Crippen LogP contribution in [0.15, 0.2) is 16.8 Å². The molecule has 2 rings (SSSR count). The van der Waals surface area contributed by atoms with Crippen LogP contribution in [0.4, 0.5) is 0 Å². The van der Waals surface area contributed by atoms with Crippen LogP contribution in [0.5, 0.6) is 0 Å². The Morgan fingerprint density at radius 1 is 1.29 bits per heavy atom. The van der Waals surface area contributed by atoms with Crippen molar-refractivity contribution in [3.63, 3.8) is 0 Å². The van der Waals surface area contributed by atoms with Gasteiger partial charge in [-0.3, -0.25) is 4.90 Å². The lowest BCUT2D eigenvalue weighted by Crippen LogP contribution is -2.44. The van der Waals surface area contributed by atoms with Crippen molar-refractivity contribution in [3.8, 4) is 0 Å². The van der Waals surface area contributed by atoms with Crippen LogP contribution in [-0.4, -0.2) is 30.6 Å². The Hall–Kier alpha value is -0.380. The molecule has 3 heteroatoms. The third-order valence-electron chi connectivity index (χ3n) is 4.99. The Balaban J connectivity index is 1.97. The van der Waals surface area contributed by atoms with Gasteiger partial charge in [0.1, 0.15) is 0 Å². The molecule has 1 fully saturated rings. The minimum Gasteiger partial charge on any atom is -0.316 e. The Morgan fingerprint density at radius 3 is 2.57 bits per heavy atom. The Kier molecular flexibility index (Phi) is 6.72. The van der Waals surface area contributed by atoms with E-state index in [1.165, 1.54) is 50.8 Å². The van der Waals surface area contributed by atoms with E-state index in [0.29, 0.717) is 5.41 Å². The average Bonchev–Trinajstić information content (AvgIpc) is 3.23. The van der Waals surface area contributed by atoms with Crippen molar-refractivity contribution >= 4 is 11.3 Å². The standard InChI is InChI=1S/C18H32N2S/c1-4-10-19-14-18(5-2,6-3)15-20(17-7-8-17)12-16-9-11-21-13-16/h9,11,13,17,19H,4-8,10,12,14-15H2,1-3H3. The highest BCUT2D eigenvalue weighted by Crippen LogP contribution is 2.34. The molecule has 0 unspecified atom stereocenters. The van der Waals surface area contributed by atoms with Crippen molar-refractivity contribution in [2.45, 2.75) is 65.5 Å². The fraction of sp³-hybridized carbons (Fsp3) is 0.778. The first-order valence-corrected chi connectivity index (χ1v) is 9.63. The quantitative estimate of drug-likeness (QED) is 0.605. The van der Waals surface area contributed by atoms with Crippen molar-refractivity contribution in [1.29, 1.82) is 0 Å². The molecular formula is C18H32N2S. The van der Waals surface area contributed by atoms with E-state index >= 15 is 0 Å². The second-order valence-electron chi connectivity index (χ2n) is 6.65. The van der Waals surface area contributed by atoms with Crippen molar-refractivity contribution in [3.05, 3.63) is 22.4 Å². The predicted molar refractivity (Wildman–Crippen MR) is 93.9 cm³/mol. The van der Waals surface area contributed by atoms with Gasteiger partial charge >= 0.3 is 0 Å². The van der Waals surface area contributed by atoms with Crippen molar-refractivity contribution in [2.75, 3.05) is 19.6 Å². The summed E-state index contributed by atoms with van der Waals surface area (Å²) in [5.41, 5.74) is 1.93. The summed E-state index contributed by atoms with van der Waals surface area (Å²) in [7, 11) is 0. The van der Waals surface area contributed by atoms with Gasteiger partial charge in [0.15, 0.2) is 0 Å². The largest absolute Gasteiger partial charge is 0.316 e. The summed E-state index contributed by atoms with van der Waals surface area (Å²) in [5, 5.41) is 8.19. The monoisotopic (exact) mass is 308 g/mol. The second-order valence-corrected chi connectivity index (χ2v) is 7.43. The van der Waals surface area contributed by atoms with Gasteiger partial charge in [-0.25, -0.2) is 0 Å².